The average molecular weight is 447 g/mol. The Hall–Kier alpha value is -3.06. The summed E-state index contributed by atoms with van der Waals surface area (Å²) in [5, 5.41) is 4.12. The van der Waals surface area contributed by atoms with E-state index in [2.05, 4.69) is 15.1 Å². The number of aryl methyl sites for hydroxylation is 3. The van der Waals surface area contributed by atoms with Crippen molar-refractivity contribution in [1.29, 1.82) is 0 Å². The summed E-state index contributed by atoms with van der Waals surface area (Å²) in [4.78, 5) is 13.0. The lowest BCUT2D eigenvalue weighted by atomic mass is 9.82. The normalized spacial score (nSPS) is 20.4. The Balaban J connectivity index is 1.66. The van der Waals surface area contributed by atoms with E-state index in [4.69, 9.17) is 14.2 Å². The van der Waals surface area contributed by atoms with Gasteiger partial charge in [-0.15, -0.1) is 0 Å². The predicted molar refractivity (Wildman–Crippen MR) is 123 cm³/mol. The van der Waals surface area contributed by atoms with Crippen LogP contribution in [0.4, 0.5) is 4.39 Å². The molecule has 6 rings (SSSR count). The maximum atomic E-state index is 17.6. The van der Waals surface area contributed by atoms with Gasteiger partial charge in [0.1, 0.15) is 17.7 Å². The largest absolute Gasteiger partial charge is 0.374 e. The highest BCUT2D eigenvalue weighted by Crippen LogP contribution is 2.47. The van der Waals surface area contributed by atoms with E-state index in [1.54, 1.807) is 6.07 Å². The smallest absolute Gasteiger partial charge is 0.205 e. The van der Waals surface area contributed by atoms with Crippen LogP contribution >= 0.6 is 0 Å². The van der Waals surface area contributed by atoms with Gasteiger partial charge in [0.25, 0.3) is 0 Å². The van der Waals surface area contributed by atoms with Gasteiger partial charge in [-0.2, -0.15) is 0 Å². The van der Waals surface area contributed by atoms with E-state index in [9.17, 15) is 0 Å². The van der Waals surface area contributed by atoms with Crippen molar-refractivity contribution < 1.29 is 13.7 Å². The van der Waals surface area contributed by atoms with Gasteiger partial charge in [-0.3, -0.25) is 4.98 Å². The summed E-state index contributed by atoms with van der Waals surface area (Å²) >= 11 is 0. The van der Waals surface area contributed by atoms with Crippen LogP contribution in [-0.4, -0.2) is 32.8 Å². The first-order valence-corrected chi connectivity index (χ1v) is 11.7. The molecular weight excluding hydrogens is 419 g/mol. The van der Waals surface area contributed by atoms with Gasteiger partial charge in [-0.1, -0.05) is 11.2 Å². The standard InChI is InChI=1S/C26H27FN4O2/c1-14-6-4-7-21(28-14)26(27,22-8-5-11-32-22)19-12-18(23-15(2)31-33-16(23)3)13-20-24(19)30-25(29-20)17-9-10-17/h4,6-7,12-13,17,22H,5,8-11H2,1-3H3,(H,29,30). The molecule has 0 radical (unpaired) electrons. The molecule has 1 saturated heterocycles. The zero-order chi connectivity index (χ0) is 22.7. The lowest BCUT2D eigenvalue weighted by molar-refractivity contribution is -0.00768. The minimum atomic E-state index is -1.94. The number of nitrogens with one attached hydrogen (secondary N) is 1. The number of nitrogens with zero attached hydrogens (tertiary/aromatic N) is 3. The SMILES string of the molecule is Cc1cccc(C(F)(c2cc(-c3c(C)noc3C)cc3[nH]c(C4CC4)nc23)C2CCCO2)n1. The monoisotopic (exact) mass is 446 g/mol. The third kappa shape index (κ3) is 3.29. The fraction of sp³-hybridized carbons (Fsp3) is 0.423. The number of pyridine rings is 1. The van der Waals surface area contributed by atoms with E-state index in [1.165, 1.54) is 0 Å². The molecule has 2 fully saturated rings. The van der Waals surface area contributed by atoms with Crippen LogP contribution in [0, 0.1) is 20.8 Å². The minimum Gasteiger partial charge on any atom is -0.374 e. The van der Waals surface area contributed by atoms with Crippen molar-refractivity contribution in [3.8, 4) is 11.1 Å². The molecule has 7 heteroatoms. The molecule has 4 aromatic rings. The van der Waals surface area contributed by atoms with Gasteiger partial charge in [-0.25, -0.2) is 9.37 Å². The Morgan fingerprint density at radius 3 is 2.61 bits per heavy atom. The van der Waals surface area contributed by atoms with Crippen molar-refractivity contribution in [3.63, 3.8) is 0 Å². The number of imidazole rings is 1. The summed E-state index contributed by atoms with van der Waals surface area (Å²) in [5.41, 5.74) is 3.66. The molecule has 1 aliphatic heterocycles. The quantitative estimate of drug-likeness (QED) is 0.419. The zero-order valence-corrected chi connectivity index (χ0v) is 19.1. The summed E-state index contributed by atoms with van der Waals surface area (Å²) in [6.45, 7) is 6.22. The number of fused-ring (bicyclic) bond motifs is 1. The molecular formula is C26H27FN4O2. The number of hydrogen-bond acceptors (Lipinski definition) is 5. The highest BCUT2D eigenvalue weighted by molar-refractivity contribution is 5.87. The van der Waals surface area contributed by atoms with Crippen molar-refractivity contribution in [3.05, 3.63) is 64.6 Å². The molecule has 1 aliphatic carbocycles. The number of ether oxygens (including phenoxy) is 1. The molecule has 6 nitrogen and oxygen atoms in total. The van der Waals surface area contributed by atoms with Gasteiger partial charge in [0.15, 0.2) is 0 Å². The highest BCUT2D eigenvalue weighted by atomic mass is 19.1. The molecule has 0 bridgehead atoms. The van der Waals surface area contributed by atoms with E-state index in [1.807, 2.05) is 45.0 Å². The molecule has 0 spiro atoms. The first kappa shape index (κ1) is 20.5. The van der Waals surface area contributed by atoms with Gasteiger partial charge in [0, 0.05) is 29.3 Å². The molecule has 2 aliphatic rings. The van der Waals surface area contributed by atoms with Crippen LogP contribution in [0.5, 0.6) is 0 Å². The third-order valence-electron chi connectivity index (χ3n) is 6.92. The number of halogens is 1. The van der Waals surface area contributed by atoms with Crippen molar-refractivity contribution in [2.24, 2.45) is 0 Å². The second kappa shape index (κ2) is 7.48. The summed E-state index contributed by atoms with van der Waals surface area (Å²) in [7, 11) is 0. The predicted octanol–water partition coefficient (Wildman–Crippen LogP) is 5.81. The van der Waals surface area contributed by atoms with Gasteiger partial charge in [-0.05, 0) is 76.3 Å². The Bertz CT molecular complexity index is 1330. The number of aromatic amines is 1. The van der Waals surface area contributed by atoms with Crippen molar-refractivity contribution >= 4 is 11.0 Å². The molecule has 33 heavy (non-hydrogen) atoms. The average Bonchev–Trinajstić information content (AvgIpc) is 3.18. The Morgan fingerprint density at radius 1 is 1.09 bits per heavy atom. The summed E-state index contributed by atoms with van der Waals surface area (Å²) < 4.78 is 29.1. The van der Waals surface area contributed by atoms with Crippen molar-refractivity contribution in [2.45, 2.75) is 64.1 Å². The van der Waals surface area contributed by atoms with E-state index in [-0.39, 0.29) is 0 Å². The molecule has 1 saturated carbocycles. The van der Waals surface area contributed by atoms with Crippen LogP contribution in [0.1, 0.15) is 65.8 Å². The number of hydrogen-bond donors (Lipinski definition) is 1. The van der Waals surface area contributed by atoms with Gasteiger partial charge in [0.2, 0.25) is 5.67 Å². The lowest BCUT2D eigenvalue weighted by Crippen LogP contribution is -2.37. The second-order valence-corrected chi connectivity index (χ2v) is 9.39. The number of H-pyrrole nitrogens is 1. The lowest BCUT2D eigenvalue weighted by Gasteiger charge is -2.31. The summed E-state index contributed by atoms with van der Waals surface area (Å²) in [5.74, 6) is 2.05. The van der Waals surface area contributed by atoms with Crippen molar-refractivity contribution in [1.82, 2.24) is 20.1 Å². The van der Waals surface area contributed by atoms with Crippen LogP contribution in [0.25, 0.3) is 22.2 Å². The molecule has 2 unspecified atom stereocenters. The summed E-state index contributed by atoms with van der Waals surface area (Å²) in [6.07, 6.45) is 3.04. The van der Waals surface area contributed by atoms with Gasteiger partial charge < -0.3 is 14.2 Å². The molecule has 2 atom stereocenters. The van der Waals surface area contributed by atoms with Crippen LogP contribution in [0.2, 0.25) is 0 Å². The molecule has 3 aromatic heterocycles. The fourth-order valence-corrected chi connectivity index (χ4v) is 5.12. The van der Waals surface area contributed by atoms with Gasteiger partial charge >= 0.3 is 0 Å². The van der Waals surface area contributed by atoms with E-state index >= 15 is 4.39 Å². The molecule has 4 heterocycles. The van der Waals surface area contributed by atoms with Crippen LogP contribution < -0.4 is 0 Å². The maximum absolute atomic E-state index is 17.6. The maximum Gasteiger partial charge on any atom is 0.205 e. The summed E-state index contributed by atoms with van der Waals surface area (Å²) in [6, 6.07) is 9.44. The van der Waals surface area contributed by atoms with Crippen LogP contribution in [0.15, 0.2) is 34.9 Å². The highest BCUT2D eigenvalue weighted by Gasteiger charge is 2.48. The van der Waals surface area contributed by atoms with Gasteiger partial charge in [0.05, 0.1) is 22.4 Å². The number of alkyl halides is 1. The third-order valence-corrected chi connectivity index (χ3v) is 6.92. The molecule has 170 valence electrons. The topological polar surface area (TPSA) is 76.8 Å². The van der Waals surface area contributed by atoms with E-state index < -0.39 is 11.8 Å². The zero-order valence-electron chi connectivity index (χ0n) is 19.1. The molecule has 0 amide bonds. The Morgan fingerprint density at radius 2 is 1.94 bits per heavy atom. The van der Waals surface area contributed by atoms with Crippen molar-refractivity contribution in [2.75, 3.05) is 6.61 Å². The Kier molecular flexibility index (Phi) is 4.66. The first-order valence-electron chi connectivity index (χ1n) is 11.7. The second-order valence-electron chi connectivity index (χ2n) is 9.39. The van der Waals surface area contributed by atoms with E-state index in [0.29, 0.717) is 41.5 Å². The van der Waals surface area contributed by atoms with Crippen LogP contribution in [0.3, 0.4) is 0 Å². The number of aromatic nitrogens is 4. The molecule has 1 N–H and O–H groups in total. The fourth-order valence-electron chi connectivity index (χ4n) is 5.12. The first-order chi connectivity index (χ1) is 15.9. The number of rotatable bonds is 5. The number of benzene rings is 1. The van der Waals surface area contributed by atoms with Crippen LogP contribution in [-0.2, 0) is 10.4 Å². The molecule has 1 aromatic carbocycles. The minimum absolute atomic E-state index is 0.364. The van der Waals surface area contributed by atoms with E-state index in [0.717, 1.165) is 53.1 Å². The Labute approximate surface area is 191 Å².